The van der Waals surface area contributed by atoms with E-state index in [2.05, 4.69) is 0 Å². The Balaban J connectivity index is 4.14. The standard InChI is InChI=1S/C4H9Cl3OSi/c1-8-9(2,3)4(5,6)7/h1-3H3. The van der Waals surface area contributed by atoms with Gasteiger partial charge in [0.2, 0.25) is 11.7 Å². The normalized spacial score (nSPS) is 14.0. The van der Waals surface area contributed by atoms with E-state index in [1.807, 2.05) is 13.1 Å². The van der Waals surface area contributed by atoms with Gasteiger partial charge in [0.1, 0.15) is 0 Å². The summed E-state index contributed by atoms with van der Waals surface area (Å²) in [5, 5.41) is 0. The molecule has 0 aliphatic heterocycles. The van der Waals surface area contributed by atoms with Gasteiger partial charge in [-0.15, -0.1) is 0 Å². The van der Waals surface area contributed by atoms with E-state index >= 15 is 0 Å². The van der Waals surface area contributed by atoms with Gasteiger partial charge in [-0.3, -0.25) is 0 Å². The topological polar surface area (TPSA) is 9.23 Å². The summed E-state index contributed by atoms with van der Waals surface area (Å²) < 4.78 is 3.82. The summed E-state index contributed by atoms with van der Waals surface area (Å²) in [6.07, 6.45) is 0. The SMILES string of the molecule is CO[Si](C)(C)C(Cl)(Cl)Cl. The summed E-state index contributed by atoms with van der Waals surface area (Å²) in [4.78, 5) is 0. The zero-order chi connectivity index (χ0) is 7.71. The zero-order valence-corrected chi connectivity index (χ0v) is 8.81. The first-order valence-corrected chi connectivity index (χ1v) is 6.47. The third-order valence-corrected chi connectivity index (χ3v) is 7.67. The summed E-state index contributed by atoms with van der Waals surface area (Å²) in [5.41, 5.74) is 0. The molecule has 0 aliphatic rings. The molecule has 0 unspecified atom stereocenters. The molecule has 56 valence electrons. The number of rotatable bonds is 1. The van der Waals surface area contributed by atoms with Gasteiger partial charge in [-0.25, -0.2) is 0 Å². The molecule has 0 saturated carbocycles. The van der Waals surface area contributed by atoms with Gasteiger partial charge in [-0.05, 0) is 13.1 Å². The Hall–Kier alpha value is 1.05. The highest BCUT2D eigenvalue weighted by molar-refractivity contribution is 7.00. The fraction of sp³-hybridized carbons (Fsp3) is 1.00. The second-order valence-electron chi connectivity index (χ2n) is 2.21. The van der Waals surface area contributed by atoms with Crippen LogP contribution in [-0.4, -0.2) is 18.8 Å². The summed E-state index contributed by atoms with van der Waals surface area (Å²) in [5.74, 6) is 0. The zero-order valence-electron chi connectivity index (χ0n) is 5.54. The summed E-state index contributed by atoms with van der Waals surface area (Å²) in [6, 6.07) is 0. The van der Waals surface area contributed by atoms with Gasteiger partial charge in [0.25, 0.3) is 0 Å². The fourth-order valence-electron chi connectivity index (χ4n) is 0.116. The van der Waals surface area contributed by atoms with E-state index in [1.165, 1.54) is 0 Å². The maximum atomic E-state index is 5.59. The molecule has 0 spiro atoms. The third-order valence-electron chi connectivity index (χ3n) is 1.19. The third kappa shape index (κ3) is 2.64. The van der Waals surface area contributed by atoms with E-state index in [0.717, 1.165) is 0 Å². The molecule has 0 aliphatic carbocycles. The van der Waals surface area contributed by atoms with Crippen molar-refractivity contribution in [3.05, 3.63) is 0 Å². The van der Waals surface area contributed by atoms with Crippen LogP contribution in [0, 0.1) is 0 Å². The van der Waals surface area contributed by atoms with Crippen LogP contribution in [0.4, 0.5) is 0 Å². The van der Waals surface area contributed by atoms with Crippen LogP contribution in [0.3, 0.4) is 0 Å². The van der Waals surface area contributed by atoms with Crippen LogP contribution in [0.1, 0.15) is 0 Å². The Labute approximate surface area is 71.4 Å². The number of halogens is 3. The van der Waals surface area contributed by atoms with Gasteiger partial charge < -0.3 is 4.43 Å². The van der Waals surface area contributed by atoms with Crippen LogP contribution in [0.2, 0.25) is 13.1 Å². The molecule has 0 rings (SSSR count). The second kappa shape index (κ2) is 2.97. The predicted octanol–water partition coefficient (Wildman–Crippen LogP) is 2.75. The Bertz CT molecular complexity index is 98.5. The maximum absolute atomic E-state index is 5.59. The minimum Gasteiger partial charge on any atom is -0.416 e. The van der Waals surface area contributed by atoms with E-state index in [9.17, 15) is 0 Å². The van der Waals surface area contributed by atoms with E-state index in [4.69, 9.17) is 39.2 Å². The van der Waals surface area contributed by atoms with E-state index in [0.29, 0.717) is 0 Å². The molecule has 0 aromatic rings. The van der Waals surface area contributed by atoms with Crippen molar-refractivity contribution < 1.29 is 4.43 Å². The molecule has 0 atom stereocenters. The van der Waals surface area contributed by atoms with Gasteiger partial charge in [-0.2, -0.15) is 0 Å². The van der Waals surface area contributed by atoms with Crippen LogP contribution in [0.5, 0.6) is 0 Å². The highest BCUT2D eigenvalue weighted by Gasteiger charge is 2.43. The predicted molar refractivity (Wildman–Crippen MR) is 44.8 cm³/mol. The van der Waals surface area contributed by atoms with E-state index in [-0.39, 0.29) is 0 Å². The molecular weight excluding hydrogens is 198 g/mol. The van der Waals surface area contributed by atoms with Crippen LogP contribution < -0.4 is 0 Å². The number of alkyl halides is 3. The molecule has 0 radical (unpaired) electrons. The molecule has 0 amide bonds. The van der Waals surface area contributed by atoms with Crippen molar-refractivity contribution in [3.63, 3.8) is 0 Å². The Kier molecular flexibility index (Phi) is 3.31. The molecule has 0 fully saturated rings. The second-order valence-corrected chi connectivity index (χ2v) is 9.62. The lowest BCUT2D eigenvalue weighted by Crippen LogP contribution is -2.44. The van der Waals surface area contributed by atoms with Crippen molar-refractivity contribution in [2.24, 2.45) is 0 Å². The first-order chi connectivity index (χ1) is 3.81. The minimum atomic E-state index is -2.08. The lowest BCUT2D eigenvalue weighted by Gasteiger charge is -2.27. The molecule has 0 bridgehead atoms. The molecular formula is C4H9Cl3OSi. The van der Waals surface area contributed by atoms with Gasteiger partial charge in [-0.1, -0.05) is 34.8 Å². The summed E-state index contributed by atoms with van der Waals surface area (Å²) >= 11 is 16.8. The smallest absolute Gasteiger partial charge is 0.241 e. The van der Waals surface area contributed by atoms with Crippen LogP contribution in [-0.2, 0) is 4.43 Å². The average molecular weight is 208 g/mol. The molecule has 0 aromatic heterocycles. The molecule has 0 N–H and O–H groups in total. The molecule has 1 nitrogen and oxygen atoms in total. The largest absolute Gasteiger partial charge is 0.416 e. The Morgan fingerprint density at radius 2 is 1.56 bits per heavy atom. The maximum Gasteiger partial charge on any atom is 0.241 e. The van der Waals surface area contributed by atoms with Gasteiger partial charge >= 0.3 is 0 Å². The van der Waals surface area contributed by atoms with Gasteiger partial charge in [0.15, 0.2) is 0 Å². The van der Waals surface area contributed by atoms with Gasteiger partial charge in [0.05, 0.1) is 0 Å². The highest BCUT2D eigenvalue weighted by atomic mass is 35.6. The molecule has 0 aromatic carbocycles. The minimum absolute atomic E-state index is 1.22. The van der Waals surface area contributed by atoms with Crippen molar-refractivity contribution in [2.75, 3.05) is 7.11 Å². The number of hydrogen-bond acceptors (Lipinski definition) is 1. The highest BCUT2D eigenvalue weighted by Crippen LogP contribution is 2.36. The van der Waals surface area contributed by atoms with Crippen molar-refractivity contribution in [2.45, 2.75) is 16.5 Å². The molecule has 9 heavy (non-hydrogen) atoms. The molecule has 5 heteroatoms. The monoisotopic (exact) mass is 206 g/mol. The first-order valence-electron chi connectivity index (χ1n) is 2.43. The fourth-order valence-corrected chi connectivity index (χ4v) is 1.04. The van der Waals surface area contributed by atoms with Crippen LogP contribution in [0.25, 0.3) is 0 Å². The van der Waals surface area contributed by atoms with Crippen molar-refractivity contribution in [1.29, 1.82) is 0 Å². The van der Waals surface area contributed by atoms with Crippen LogP contribution in [0.15, 0.2) is 0 Å². The van der Waals surface area contributed by atoms with Crippen molar-refractivity contribution in [1.82, 2.24) is 0 Å². The van der Waals surface area contributed by atoms with Crippen LogP contribution >= 0.6 is 34.8 Å². The Morgan fingerprint density at radius 1 is 1.22 bits per heavy atom. The number of hydrogen-bond donors (Lipinski definition) is 0. The van der Waals surface area contributed by atoms with Crippen molar-refractivity contribution >= 4 is 43.1 Å². The lowest BCUT2D eigenvalue weighted by molar-refractivity contribution is 0.404. The summed E-state index contributed by atoms with van der Waals surface area (Å²) in [6.45, 7) is 3.69. The molecule has 0 heterocycles. The van der Waals surface area contributed by atoms with E-state index in [1.54, 1.807) is 7.11 Å². The average Bonchev–Trinajstić information content (AvgIpc) is 1.64. The first kappa shape index (κ1) is 10.0. The summed E-state index contributed by atoms with van der Waals surface area (Å²) in [7, 11) is -0.519. The quantitative estimate of drug-likeness (QED) is 0.475. The van der Waals surface area contributed by atoms with E-state index < -0.39 is 11.7 Å². The lowest BCUT2D eigenvalue weighted by atomic mass is 11.7. The Morgan fingerprint density at radius 3 is 1.56 bits per heavy atom. The van der Waals surface area contributed by atoms with Gasteiger partial charge in [0, 0.05) is 7.11 Å². The van der Waals surface area contributed by atoms with Crippen molar-refractivity contribution in [3.8, 4) is 0 Å². The molecule has 0 saturated heterocycles.